The predicted molar refractivity (Wildman–Crippen MR) is 76.6 cm³/mol. The minimum Gasteiger partial charge on any atom is -0.384 e. The highest BCUT2D eigenvalue weighted by Crippen LogP contribution is 2.33. The minimum absolute atomic E-state index is 0.0433. The molecule has 0 atom stereocenters. The molecule has 0 unspecified atom stereocenters. The third-order valence-corrected chi connectivity index (χ3v) is 4.02. The van der Waals surface area contributed by atoms with Crippen LogP contribution in [-0.2, 0) is 6.54 Å². The Hall–Kier alpha value is -1.95. The van der Waals surface area contributed by atoms with Crippen LogP contribution in [0.2, 0.25) is 0 Å². The number of nitrogens with zero attached hydrogens (tertiary/aromatic N) is 3. The van der Waals surface area contributed by atoms with Crippen LogP contribution in [-0.4, -0.2) is 22.1 Å². The molecule has 1 saturated carbocycles. The van der Waals surface area contributed by atoms with Gasteiger partial charge in [0.05, 0.1) is 18.3 Å². The molecule has 0 aromatic carbocycles. The molecule has 98 valence electrons. The van der Waals surface area contributed by atoms with Crippen molar-refractivity contribution < 1.29 is 0 Å². The average molecular weight is 273 g/mol. The van der Waals surface area contributed by atoms with Crippen LogP contribution in [0.15, 0.2) is 29.8 Å². The van der Waals surface area contributed by atoms with Gasteiger partial charge in [-0.15, -0.1) is 16.4 Å². The smallest absolute Gasteiger partial charge is 0.162 e. The van der Waals surface area contributed by atoms with E-state index in [4.69, 9.17) is 11.1 Å². The quantitative estimate of drug-likeness (QED) is 0.645. The fraction of sp³-hybridized carbons (Fsp3) is 0.308. The van der Waals surface area contributed by atoms with Gasteiger partial charge in [0.25, 0.3) is 0 Å². The van der Waals surface area contributed by atoms with Crippen LogP contribution in [0.5, 0.6) is 0 Å². The average Bonchev–Trinajstić information content (AvgIpc) is 3.13. The molecule has 2 heterocycles. The summed E-state index contributed by atoms with van der Waals surface area (Å²) in [5.41, 5.74) is 6.30. The molecule has 1 aliphatic rings. The maximum atomic E-state index is 7.67. The number of nitrogens with one attached hydrogen (secondary N) is 1. The Morgan fingerprint density at radius 3 is 2.95 bits per heavy atom. The summed E-state index contributed by atoms with van der Waals surface area (Å²) in [5, 5.41) is 17.9. The molecule has 19 heavy (non-hydrogen) atoms. The van der Waals surface area contributed by atoms with Crippen molar-refractivity contribution in [2.45, 2.75) is 25.4 Å². The standard InChI is InChI=1S/C13H15N5S/c14-12(15)11-5-6-16-17-13(11)18(9-3-4-9)8-10-2-1-7-19-10/h1-2,5-7,9H,3-4,8H2,(H3,14,15). The number of hydrogen-bond donors (Lipinski definition) is 2. The lowest BCUT2D eigenvalue weighted by atomic mass is 10.2. The zero-order valence-electron chi connectivity index (χ0n) is 10.4. The molecule has 5 nitrogen and oxygen atoms in total. The molecular weight excluding hydrogens is 258 g/mol. The van der Waals surface area contributed by atoms with E-state index in [1.54, 1.807) is 23.6 Å². The van der Waals surface area contributed by atoms with Crippen molar-refractivity contribution in [2.24, 2.45) is 5.73 Å². The maximum absolute atomic E-state index is 7.67. The van der Waals surface area contributed by atoms with Crippen molar-refractivity contribution in [2.75, 3.05) is 4.90 Å². The fourth-order valence-corrected chi connectivity index (χ4v) is 2.78. The first kappa shape index (κ1) is 12.1. The number of amidine groups is 1. The molecule has 0 spiro atoms. The SMILES string of the molecule is N=C(N)c1ccnnc1N(Cc1cccs1)C1CC1. The van der Waals surface area contributed by atoms with Gasteiger partial charge in [0.15, 0.2) is 5.82 Å². The molecule has 0 radical (unpaired) electrons. The topological polar surface area (TPSA) is 78.9 Å². The van der Waals surface area contributed by atoms with Gasteiger partial charge < -0.3 is 10.6 Å². The summed E-state index contributed by atoms with van der Waals surface area (Å²) in [6.45, 7) is 0.807. The highest BCUT2D eigenvalue weighted by atomic mass is 32.1. The normalized spacial score (nSPS) is 14.3. The lowest BCUT2D eigenvalue weighted by Gasteiger charge is -2.24. The van der Waals surface area contributed by atoms with Crippen LogP contribution in [0, 0.1) is 5.41 Å². The van der Waals surface area contributed by atoms with Gasteiger partial charge in [0, 0.05) is 10.9 Å². The lowest BCUT2D eigenvalue weighted by Crippen LogP contribution is -2.29. The zero-order chi connectivity index (χ0) is 13.2. The van der Waals surface area contributed by atoms with Crippen LogP contribution < -0.4 is 10.6 Å². The van der Waals surface area contributed by atoms with Crippen LogP contribution in [0.25, 0.3) is 0 Å². The van der Waals surface area contributed by atoms with Crippen molar-refractivity contribution in [1.29, 1.82) is 5.41 Å². The Kier molecular flexibility index (Phi) is 3.16. The summed E-state index contributed by atoms with van der Waals surface area (Å²) < 4.78 is 0. The Morgan fingerprint density at radius 2 is 2.32 bits per heavy atom. The van der Waals surface area contributed by atoms with E-state index in [1.165, 1.54) is 17.7 Å². The number of nitrogens with two attached hydrogens (primary N) is 1. The lowest BCUT2D eigenvalue weighted by molar-refractivity contribution is 0.769. The van der Waals surface area contributed by atoms with Crippen LogP contribution in [0.4, 0.5) is 5.82 Å². The van der Waals surface area contributed by atoms with E-state index in [0.29, 0.717) is 11.6 Å². The Balaban J connectivity index is 1.94. The highest BCUT2D eigenvalue weighted by Gasteiger charge is 2.32. The van der Waals surface area contributed by atoms with Crippen molar-refractivity contribution in [3.8, 4) is 0 Å². The van der Waals surface area contributed by atoms with E-state index in [9.17, 15) is 0 Å². The molecule has 2 aromatic heterocycles. The Labute approximate surface area is 115 Å². The summed E-state index contributed by atoms with van der Waals surface area (Å²) >= 11 is 1.73. The van der Waals surface area contributed by atoms with Crippen molar-refractivity contribution in [3.63, 3.8) is 0 Å². The Morgan fingerprint density at radius 1 is 1.47 bits per heavy atom. The first-order valence-electron chi connectivity index (χ1n) is 6.21. The van der Waals surface area contributed by atoms with Gasteiger partial charge in [-0.2, -0.15) is 5.10 Å². The van der Waals surface area contributed by atoms with E-state index in [2.05, 4.69) is 26.5 Å². The van der Waals surface area contributed by atoms with Gasteiger partial charge in [0.2, 0.25) is 0 Å². The summed E-state index contributed by atoms with van der Waals surface area (Å²) in [7, 11) is 0. The van der Waals surface area contributed by atoms with Crippen molar-refractivity contribution in [1.82, 2.24) is 10.2 Å². The Bertz CT molecular complexity index is 576. The van der Waals surface area contributed by atoms with Gasteiger partial charge in [0.1, 0.15) is 5.84 Å². The zero-order valence-corrected chi connectivity index (χ0v) is 11.2. The summed E-state index contributed by atoms with van der Waals surface area (Å²) in [4.78, 5) is 3.50. The number of hydrogen-bond acceptors (Lipinski definition) is 5. The number of rotatable bonds is 5. The van der Waals surface area contributed by atoms with Crippen molar-refractivity contribution in [3.05, 3.63) is 40.2 Å². The van der Waals surface area contributed by atoms with Gasteiger partial charge in [-0.05, 0) is 30.4 Å². The third kappa shape index (κ3) is 2.58. The molecule has 0 saturated heterocycles. The van der Waals surface area contributed by atoms with E-state index >= 15 is 0 Å². The summed E-state index contributed by atoms with van der Waals surface area (Å²) in [6, 6.07) is 6.42. The van der Waals surface area contributed by atoms with E-state index < -0.39 is 0 Å². The molecule has 6 heteroatoms. The molecule has 1 aliphatic carbocycles. The largest absolute Gasteiger partial charge is 0.384 e. The molecule has 1 fully saturated rings. The molecule has 3 N–H and O–H groups in total. The maximum Gasteiger partial charge on any atom is 0.162 e. The van der Waals surface area contributed by atoms with Gasteiger partial charge in [-0.1, -0.05) is 6.07 Å². The second-order valence-corrected chi connectivity index (χ2v) is 5.65. The van der Waals surface area contributed by atoms with E-state index in [0.717, 1.165) is 12.4 Å². The summed E-state index contributed by atoms with van der Waals surface area (Å²) in [5.74, 6) is 0.771. The number of nitrogen functional groups attached to an aromatic ring is 1. The molecule has 0 bridgehead atoms. The molecule has 0 aliphatic heterocycles. The van der Waals surface area contributed by atoms with E-state index in [1.807, 2.05) is 6.07 Å². The predicted octanol–water partition coefficient (Wildman–Crippen LogP) is 1.99. The number of aromatic nitrogens is 2. The third-order valence-electron chi connectivity index (χ3n) is 3.16. The molecule has 3 rings (SSSR count). The van der Waals surface area contributed by atoms with Gasteiger partial charge in [-0.25, -0.2) is 0 Å². The van der Waals surface area contributed by atoms with Crippen LogP contribution >= 0.6 is 11.3 Å². The first-order chi connectivity index (χ1) is 9.25. The van der Waals surface area contributed by atoms with Crippen molar-refractivity contribution >= 4 is 23.0 Å². The van der Waals surface area contributed by atoms with Gasteiger partial charge in [-0.3, -0.25) is 5.41 Å². The molecular formula is C13H15N5S. The number of thiophene rings is 1. The van der Waals surface area contributed by atoms with Crippen LogP contribution in [0.3, 0.4) is 0 Å². The molecule has 2 aromatic rings. The second kappa shape index (κ2) is 4.97. The van der Waals surface area contributed by atoms with Crippen LogP contribution in [0.1, 0.15) is 23.3 Å². The summed E-state index contributed by atoms with van der Waals surface area (Å²) in [6.07, 6.45) is 3.91. The second-order valence-electron chi connectivity index (χ2n) is 4.62. The first-order valence-corrected chi connectivity index (χ1v) is 7.09. The number of anilines is 1. The minimum atomic E-state index is 0.0433. The molecule has 0 amide bonds. The monoisotopic (exact) mass is 273 g/mol. The van der Waals surface area contributed by atoms with Gasteiger partial charge >= 0.3 is 0 Å². The highest BCUT2D eigenvalue weighted by molar-refractivity contribution is 7.09. The fourth-order valence-electron chi connectivity index (χ4n) is 2.08. The van der Waals surface area contributed by atoms with E-state index in [-0.39, 0.29) is 5.84 Å².